The van der Waals surface area contributed by atoms with Gasteiger partial charge in [-0.2, -0.15) is 0 Å². The maximum atomic E-state index is 12.2. The van der Waals surface area contributed by atoms with E-state index in [9.17, 15) is 4.79 Å². The number of nitrogens with two attached hydrogens (primary N) is 1. The molecule has 0 spiro atoms. The van der Waals surface area contributed by atoms with Crippen LogP contribution in [0.4, 0.5) is 0 Å². The summed E-state index contributed by atoms with van der Waals surface area (Å²) in [6.07, 6.45) is 6.77. The van der Waals surface area contributed by atoms with Crippen LogP contribution in [0.5, 0.6) is 0 Å². The molecule has 0 aliphatic carbocycles. The van der Waals surface area contributed by atoms with E-state index in [2.05, 4.69) is 11.9 Å². The molecule has 1 atom stereocenters. The number of carbonyl (C=O) groups is 1. The predicted molar refractivity (Wildman–Crippen MR) is 75.6 cm³/mol. The lowest BCUT2D eigenvalue weighted by molar-refractivity contribution is -0.155. The Morgan fingerprint density at radius 3 is 2.74 bits per heavy atom. The van der Waals surface area contributed by atoms with Crippen LogP contribution in [-0.2, 0) is 16.0 Å². The highest BCUT2D eigenvalue weighted by molar-refractivity contribution is 5.77. The van der Waals surface area contributed by atoms with Crippen molar-refractivity contribution in [1.29, 1.82) is 0 Å². The van der Waals surface area contributed by atoms with Gasteiger partial charge in [0, 0.05) is 18.9 Å². The summed E-state index contributed by atoms with van der Waals surface area (Å²) in [4.78, 5) is 16.3. The summed E-state index contributed by atoms with van der Waals surface area (Å²) < 4.78 is 5.20. The number of nitrogens with zero attached hydrogens (tertiary/aromatic N) is 1. The van der Waals surface area contributed by atoms with E-state index in [1.54, 1.807) is 6.20 Å². The van der Waals surface area contributed by atoms with Crippen molar-refractivity contribution in [3.05, 3.63) is 30.1 Å². The Labute approximate surface area is 115 Å². The summed E-state index contributed by atoms with van der Waals surface area (Å²) in [6.45, 7) is 4.62. The van der Waals surface area contributed by atoms with Crippen LogP contribution in [-0.4, -0.2) is 24.1 Å². The topological polar surface area (TPSA) is 65.2 Å². The number of aromatic nitrogens is 1. The molecule has 0 fully saturated rings. The van der Waals surface area contributed by atoms with Crippen molar-refractivity contribution in [3.8, 4) is 0 Å². The van der Waals surface area contributed by atoms with Gasteiger partial charge in [0.15, 0.2) is 0 Å². The zero-order chi connectivity index (χ0) is 14.1. The molecule has 106 valence electrons. The Morgan fingerprint density at radius 2 is 2.21 bits per heavy atom. The van der Waals surface area contributed by atoms with Crippen LogP contribution in [0.15, 0.2) is 24.5 Å². The third-order valence-corrected chi connectivity index (χ3v) is 3.44. The van der Waals surface area contributed by atoms with E-state index < -0.39 is 5.41 Å². The molecule has 4 heteroatoms. The predicted octanol–water partition coefficient (Wildman–Crippen LogP) is 2.32. The number of hydrogen-bond donors (Lipinski definition) is 1. The maximum absolute atomic E-state index is 12.2. The van der Waals surface area contributed by atoms with E-state index >= 15 is 0 Å². The number of carbonyl (C=O) groups excluding carboxylic acids is 1. The van der Waals surface area contributed by atoms with Crippen molar-refractivity contribution >= 4 is 5.97 Å². The minimum atomic E-state index is -0.555. The quantitative estimate of drug-likeness (QED) is 0.732. The highest BCUT2D eigenvalue weighted by Crippen LogP contribution is 2.30. The highest BCUT2D eigenvalue weighted by atomic mass is 16.5. The second-order valence-electron chi connectivity index (χ2n) is 4.82. The molecule has 2 N–H and O–H groups in total. The lowest BCUT2D eigenvalue weighted by Gasteiger charge is -2.29. The maximum Gasteiger partial charge on any atom is 0.313 e. The van der Waals surface area contributed by atoms with E-state index in [0.29, 0.717) is 19.6 Å². The summed E-state index contributed by atoms with van der Waals surface area (Å²) in [5, 5.41) is 0. The zero-order valence-corrected chi connectivity index (χ0v) is 11.9. The molecular formula is C15H24N2O2. The first-order chi connectivity index (χ1) is 9.18. The van der Waals surface area contributed by atoms with Crippen LogP contribution in [0.25, 0.3) is 0 Å². The van der Waals surface area contributed by atoms with Crippen molar-refractivity contribution in [2.75, 3.05) is 13.2 Å². The normalized spacial score (nSPS) is 13.8. The summed E-state index contributed by atoms with van der Waals surface area (Å²) in [7, 11) is 0. The fourth-order valence-corrected chi connectivity index (χ4v) is 2.31. The third-order valence-electron chi connectivity index (χ3n) is 3.44. The van der Waals surface area contributed by atoms with E-state index in [1.807, 2.05) is 25.3 Å². The molecule has 1 rings (SSSR count). The summed E-state index contributed by atoms with van der Waals surface area (Å²) >= 11 is 0. The van der Waals surface area contributed by atoms with Crippen LogP contribution < -0.4 is 5.73 Å². The van der Waals surface area contributed by atoms with Crippen molar-refractivity contribution < 1.29 is 9.53 Å². The fraction of sp³-hybridized carbons (Fsp3) is 0.600. The smallest absolute Gasteiger partial charge is 0.313 e. The highest BCUT2D eigenvalue weighted by Gasteiger charge is 2.37. The third kappa shape index (κ3) is 4.31. The number of rotatable bonds is 8. The minimum Gasteiger partial charge on any atom is -0.466 e. The second kappa shape index (κ2) is 7.89. The summed E-state index contributed by atoms with van der Waals surface area (Å²) in [5.41, 5.74) is 6.44. The second-order valence-corrected chi connectivity index (χ2v) is 4.82. The number of hydrogen-bond acceptors (Lipinski definition) is 4. The van der Waals surface area contributed by atoms with Gasteiger partial charge >= 0.3 is 5.97 Å². The van der Waals surface area contributed by atoms with Gasteiger partial charge in [0.05, 0.1) is 12.0 Å². The van der Waals surface area contributed by atoms with Crippen LogP contribution >= 0.6 is 0 Å². The molecule has 0 aromatic carbocycles. The molecule has 1 aromatic rings. The lowest BCUT2D eigenvalue weighted by atomic mass is 9.78. The minimum absolute atomic E-state index is 0.164. The number of ether oxygens (including phenoxy) is 1. The van der Waals surface area contributed by atoms with Crippen LogP contribution in [0.1, 0.15) is 38.7 Å². The molecular weight excluding hydrogens is 240 g/mol. The first kappa shape index (κ1) is 15.6. The van der Waals surface area contributed by atoms with Gasteiger partial charge in [-0.3, -0.25) is 9.78 Å². The molecule has 0 bridgehead atoms. The van der Waals surface area contributed by atoms with Gasteiger partial charge in [-0.15, -0.1) is 0 Å². The standard InChI is InChI=1S/C15H24N2O2/c1-3-8-15(12-16,14(18)19-4-2)9-7-13-6-5-10-17-11-13/h5-6,10-11H,3-4,7-9,12,16H2,1-2H3. The van der Waals surface area contributed by atoms with Gasteiger partial charge in [-0.1, -0.05) is 19.4 Å². The average Bonchev–Trinajstić information content (AvgIpc) is 2.45. The fourth-order valence-electron chi connectivity index (χ4n) is 2.31. The number of aryl methyl sites for hydroxylation is 1. The molecule has 4 nitrogen and oxygen atoms in total. The largest absolute Gasteiger partial charge is 0.466 e. The number of esters is 1. The Balaban J connectivity index is 2.76. The van der Waals surface area contributed by atoms with Gasteiger partial charge in [-0.05, 0) is 37.8 Å². The van der Waals surface area contributed by atoms with Gasteiger partial charge in [0.25, 0.3) is 0 Å². The first-order valence-corrected chi connectivity index (χ1v) is 6.94. The molecule has 1 unspecified atom stereocenters. The molecule has 1 heterocycles. The monoisotopic (exact) mass is 264 g/mol. The van der Waals surface area contributed by atoms with Crippen molar-refractivity contribution in [3.63, 3.8) is 0 Å². The Kier molecular flexibility index (Phi) is 6.50. The van der Waals surface area contributed by atoms with Gasteiger partial charge in [0.1, 0.15) is 0 Å². The lowest BCUT2D eigenvalue weighted by Crippen LogP contribution is -2.40. The van der Waals surface area contributed by atoms with E-state index in [4.69, 9.17) is 10.5 Å². The molecule has 0 amide bonds. The summed E-state index contributed by atoms with van der Waals surface area (Å²) in [6, 6.07) is 3.93. The zero-order valence-electron chi connectivity index (χ0n) is 11.9. The van der Waals surface area contributed by atoms with Crippen molar-refractivity contribution in [1.82, 2.24) is 4.98 Å². The van der Waals surface area contributed by atoms with Crippen LogP contribution in [0.2, 0.25) is 0 Å². The number of pyridine rings is 1. The molecule has 0 saturated heterocycles. The van der Waals surface area contributed by atoms with E-state index in [0.717, 1.165) is 24.8 Å². The van der Waals surface area contributed by atoms with Gasteiger partial charge < -0.3 is 10.5 Å². The average molecular weight is 264 g/mol. The van der Waals surface area contributed by atoms with Gasteiger partial charge in [0.2, 0.25) is 0 Å². The molecule has 1 aromatic heterocycles. The van der Waals surface area contributed by atoms with Crippen LogP contribution in [0, 0.1) is 5.41 Å². The first-order valence-electron chi connectivity index (χ1n) is 6.94. The Hall–Kier alpha value is -1.42. The van der Waals surface area contributed by atoms with Crippen molar-refractivity contribution in [2.45, 2.75) is 39.5 Å². The summed E-state index contributed by atoms with van der Waals surface area (Å²) in [5.74, 6) is -0.164. The molecule has 0 saturated carbocycles. The van der Waals surface area contributed by atoms with Gasteiger partial charge in [-0.25, -0.2) is 0 Å². The van der Waals surface area contributed by atoms with E-state index in [1.165, 1.54) is 0 Å². The van der Waals surface area contributed by atoms with Crippen LogP contribution in [0.3, 0.4) is 0 Å². The van der Waals surface area contributed by atoms with E-state index in [-0.39, 0.29) is 5.97 Å². The molecule has 0 aliphatic rings. The Morgan fingerprint density at radius 1 is 1.42 bits per heavy atom. The Bertz CT molecular complexity index is 381. The SMILES string of the molecule is CCCC(CN)(CCc1cccnc1)C(=O)OCC. The molecule has 0 radical (unpaired) electrons. The molecule has 0 aliphatic heterocycles. The van der Waals surface area contributed by atoms with Crippen molar-refractivity contribution in [2.24, 2.45) is 11.1 Å². The molecule has 19 heavy (non-hydrogen) atoms.